The van der Waals surface area contributed by atoms with Crippen molar-refractivity contribution in [1.29, 1.82) is 0 Å². The molecule has 0 aliphatic heterocycles. The zero-order valence-electron chi connectivity index (χ0n) is 15.1. The lowest BCUT2D eigenvalue weighted by molar-refractivity contribution is 0.585. The first-order valence-corrected chi connectivity index (χ1v) is 10.5. The van der Waals surface area contributed by atoms with Gasteiger partial charge in [0.05, 0.1) is 6.26 Å². The van der Waals surface area contributed by atoms with Crippen LogP contribution >= 0.6 is 0 Å². The number of aromatic nitrogens is 1. The fourth-order valence-corrected chi connectivity index (χ4v) is 3.07. The highest BCUT2D eigenvalue weighted by atomic mass is 32.2. The molecule has 9 heteroatoms. The predicted molar refractivity (Wildman–Crippen MR) is 103 cm³/mol. The van der Waals surface area contributed by atoms with Crippen LogP contribution in [0.1, 0.15) is 18.9 Å². The van der Waals surface area contributed by atoms with Gasteiger partial charge in [-0.05, 0) is 43.5 Å². The Balaban J connectivity index is 1.82. The summed E-state index contributed by atoms with van der Waals surface area (Å²) in [6.45, 7) is 4.28. The maximum atomic E-state index is 13.2. The number of aliphatic imine (C=N–C) groups is 1. The normalized spacial score (nSPS) is 12.5. The number of nitrogens with zero attached hydrogens (tertiary/aromatic N) is 1. The molecule has 1 aromatic carbocycles. The Labute approximate surface area is 153 Å². The molecular weight excluding hydrogens is 357 g/mol. The minimum absolute atomic E-state index is 0.254. The number of nitrogens with one attached hydrogen (secondary N) is 4. The number of rotatable bonds is 9. The molecule has 0 bridgehead atoms. The molecular formula is C17H26FN5O2S. The van der Waals surface area contributed by atoms with Gasteiger partial charge in [0.1, 0.15) is 5.82 Å². The van der Waals surface area contributed by atoms with E-state index in [0.717, 1.165) is 35.7 Å². The van der Waals surface area contributed by atoms with Crippen LogP contribution in [0.15, 0.2) is 29.4 Å². The summed E-state index contributed by atoms with van der Waals surface area (Å²) in [6, 6.07) is 4.73. The summed E-state index contributed by atoms with van der Waals surface area (Å²) >= 11 is 0. The maximum absolute atomic E-state index is 13.2. The van der Waals surface area contributed by atoms with Crippen LogP contribution in [0.3, 0.4) is 0 Å². The molecule has 0 amide bonds. The SMILES string of the molecule is CCNC(=NCCCNS(C)(=O)=O)NCCc1c[nH]c2cc(F)ccc12. The minimum atomic E-state index is -3.15. The Morgan fingerprint density at radius 1 is 1.27 bits per heavy atom. The van der Waals surface area contributed by atoms with E-state index in [4.69, 9.17) is 0 Å². The van der Waals surface area contributed by atoms with Crippen LogP contribution in [0.25, 0.3) is 10.9 Å². The van der Waals surface area contributed by atoms with Gasteiger partial charge in [0.2, 0.25) is 10.0 Å². The first-order chi connectivity index (χ1) is 12.4. The van der Waals surface area contributed by atoms with Gasteiger partial charge in [-0.25, -0.2) is 17.5 Å². The van der Waals surface area contributed by atoms with Gasteiger partial charge in [0, 0.05) is 43.3 Å². The number of sulfonamides is 1. The summed E-state index contributed by atoms with van der Waals surface area (Å²) in [5.74, 6) is 0.439. The molecule has 0 unspecified atom stereocenters. The zero-order chi connectivity index (χ0) is 19.0. The Morgan fingerprint density at radius 2 is 2.08 bits per heavy atom. The van der Waals surface area contributed by atoms with Crippen molar-refractivity contribution < 1.29 is 12.8 Å². The van der Waals surface area contributed by atoms with E-state index in [1.165, 1.54) is 12.1 Å². The van der Waals surface area contributed by atoms with E-state index in [1.54, 1.807) is 6.07 Å². The molecule has 2 rings (SSSR count). The lowest BCUT2D eigenvalue weighted by atomic mass is 10.1. The lowest BCUT2D eigenvalue weighted by Crippen LogP contribution is -2.38. The first-order valence-electron chi connectivity index (χ1n) is 8.61. The molecule has 0 saturated heterocycles. The van der Waals surface area contributed by atoms with Crippen LogP contribution in [0.4, 0.5) is 4.39 Å². The number of halogens is 1. The van der Waals surface area contributed by atoms with Crippen LogP contribution in [-0.2, 0) is 16.4 Å². The van der Waals surface area contributed by atoms with Crippen molar-refractivity contribution in [2.75, 3.05) is 32.4 Å². The van der Waals surface area contributed by atoms with Crippen LogP contribution in [0, 0.1) is 5.82 Å². The Hall–Kier alpha value is -2.13. The molecule has 0 radical (unpaired) electrons. The molecule has 0 aliphatic rings. The van der Waals surface area contributed by atoms with Crippen LogP contribution in [0.5, 0.6) is 0 Å². The molecule has 0 aliphatic carbocycles. The van der Waals surface area contributed by atoms with Crippen LogP contribution < -0.4 is 15.4 Å². The second-order valence-corrected chi connectivity index (χ2v) is 7.79. The summed E-state index contributed by atoms with van der Waals surface area (Å²) in [4.78, 5) is 7.51. The van der Waals surface area contributed by atoms with Crippen molar-refractivity contribution in [3.8, 4) is 0 Å². The fraction of sp³-hybridized carbons (Fsp3) is 0.471. The van der Waals surface area contributed by atoms with E-state index in [2.05, 4.69) is 25.3 Å². The molecule has 0 atom stereocenters. The lowest BCUT2D eigenvalue weighted by Gasteiger charge is -2.11. The molecule has 4 N–H and O–H groups in total. The van der Waals surface area contributed by atoms with E-state index >= 15 is 0 Å². The smallest absolute Gasteiger partial charge is 0.208 e. The standard InChI is InChI=1S/C17H26FN5O2S/c1-3-19-17(20-8-4-9-23-26(2,24)25)21-10-7-13-12-22-16-11-14(18)5-6-15(13)16/h5-6,11-12,22-23H,3-4,7-10H2,1-2H3,(H2,19,20,21). The van der Waals surface area contributed by atoms with Gasteiger partial charge in [-0.1, -0.05) is 0 Å². The summed E-state index contributed by atoms with van der Waals surface area (Å²) in [7, 11) is -3.15. The van der Waals surface area contributed by atoms with Crippen LogP contribution in [0.2, 0.25) is 0 Å². The van der Waals surface area contributed by atoms with E-state index < -0.39 is 10.0 Å². The average Bonchev–Trinajstić information content (AvgIpc) is 2.95. The summed E-state index contributed by atoms with van der Waals surface area (Å²) in [6.07, 6.45) is 4.43. The monoisotopic (exact) mass is 383 g/mol. The third-order valence-corrected chi connectivity index (χ3v) is 4.46. The number of H-pyrrole nitrogens is 1. The van der Waals surface area contributed by atoms with Gasteiger partial charge in [-0.2, -0.15) is 0 Å². The molecule has 7 nitrogen and oxygen atoms in total. The fourth-order valence-electron chi connectivity index (χ4n) is 2.55. The average molecular weight is 383 g/mol. The number of fused-ring (bicyclic) bond motifs is 1. The zero-order valence-corrected chi connectivity index (χ0v) is 15.9. The van der Waals surface area contributed by atoms with E-state index in [0.29, 0.717) is 32.0 Å². The highest BCUT2D eigenvalue weighted by Gasteiger charge is 2.05. The highest BCUT2D eigenvalue weighted by Crippen LogP contribution is 2.19. The molecule has 0 spiro atoms. The van der Waals surface area contributed by atoms with Crippen molar-refractivity contribution in [2.45, 2.75) is 19.8 Å². The number of guanidine groups is 1. The van der Waals surface area contributed by atoms with Crippen molar-refractivity contribution in [1.82, 2.24) is 20.3 Å². The van der Waals surface area contributed by atoms with Gasteiger partial charge < -0.3 is 15.6 Å². The van der Waals surface area contributed by atoms with Gasteiger partial charge in [0.25, 0.3) is 0 Å². The molecule has 0 fully saturated rings. The topological polar surface area (TPSA) is 98.4 Å². The second kappa shape index (κ2) is 9.54. The highest BCUT2D eigenvalue weighted by molar-refractivity contribution is 7.88. The Bertz CT molecular complexity index is 848. The van der Waals surface area contributed by atoms with Crippen molar-refractivity contribution in [3.05, 3.63) is 35.8 Å². The Morgan fingerprint density at radius 3 is 2.81 bits per heavy atom. The molecule has 0 saturated carbocycles. The number of hydrogen-bond acceptors (Lipinski definition) is 3. The molecule has 144 valence electrons. The van der Waals surface area contributed by atoms with Gasteiger partial charge in [-0.15, -0.1) is 0 Å². The predicted octanol–water partition coefficient (Wildman–Crippen LogP) is 1.34. The Kier molecular flexibility index (Phi) is 7.40. The number of aromatic amines is 1. The summed E-state index contributed by atoms with van der Waals surface area (Å²) in [5.41, 5.74) is 1.90. The third kappa shape index (κ3) is 6.64. The largest absolute Gasteiger partial charge is 0.361 e. The third-order valence-electron chi connectivity index (χ3n) is 3.73. The van der Waals surface area contributed by atoms with Crippen molar-refractivity contribution in [3.63, 3.8) is 0 Å². The van der Waals surface area contributed by atoms with Gasteiger partial charge >= 0.3 is 0 Å². The van der Waals surface area contributed by atoms with Crippen LogP contribution in [-0.4, -0.2) is 51.8 Å². The maximum Gasteiger partial charge on any atom is 0.208 e. The first kappa shape index (κ1) is 20.2. The van der Waals surface area contributed by atoms with Crippen molar-refractivity contribution >= 4 is 26.9 Å². The van der Waals surface area contributed by atoms with E-state index in [9.17, 15) is 12.8 Å². The number of benzene rings is 1. The summed E-state index contributed by atoms with van der Waals surface area (Å²) in [5, 5.41) is 7.43. The molecule has 1 aromatic heterocycles. The number of hydrogen-bond donors (Lipinski definition) is 4. The molecule has 1 heterocycles. The minimum Gasteiger partial charge on any atom is -0.361 e. The molecule has 26 heavy (non-hydrogen) atoms. The summed E-state index contributed by atoms with van der Waals surface area (Å²) < 4.78 is 37.7. The van der Waals surface area contributed by atoms with E-state index in [1.807, 2.05) is 13.1 Å². The van der Waals surface area contributed by atoms with Crippen molar-refractivity contribution in [2.24, 2.45) is 4.99 Å². The second-order valence-electron chi connectivity index (χ2n) is 5.96. The quantitative estimate of drug-likeness (QED) is 0.298. The van der Waals surface area contributed by atoms with E-state index in [-0.39, 0.29) is 5.82 Å². The van der Waals surface area contributed by atoms with Gasteiger partial charge in [-0.3, -0.25) is 4.99 Å². The molecule has 2 aromatic rings. The van der Waals surface area contributed by atoms with Gasteiger partial charge in [0.15, 0.2) is 5.96 Å².